The SMILES string of the molecule is C[NH+]1CC[NH+](CCCNC(=S)NCCSc2ccccc2)CC1. The zero-order valence-electron chi connectivity index (χ0n) is 14.1. The lowest BCUT2D eigenvalue weighted by atomic mass is 10.3. The van der Waals surface area contributed by atoms with Crippen LogP contribution in [0.4, 0.5) is 0 Å². The minimum absolute atomic E-state index is 0.788. The summed E-state index contributed by atoms with van der Waals surface area (Å²) in [4.78, 5) is 4.73. The van der Waals surface area contributed by atoms with E-state index in [0.717, 1.165) is 24.0 Å². The molecule has 1 aliphatic rings. The Balaban J connectivity index is 1.44. The number of rotatable bonds is 8. The molecular formula is C17H30N4S2+2. The molecule has 0 bridgehead atoms. The highest BCUT2D eigenvalue weighted by atomic mass is 32.2. The molecule has 1 aromatic rings. The smallest absolute Gasteiger partial charge is 0.166 e. The Labute approximate surface area is 150 Å². The second kappa shape index (κ2) is 10.9. The van der Waals surface area contributed by atoms with Gasteiger partial charge in [0.25, 0.3) is 0 Å². The van der Waals surface area contributed by atoms with E-state index < -0.39 is 0 Å². The first-order valence-electron chi connectivity index (χ1n) is 8.58. The van der Waals surface area contributed by atoms with Gasteiger partial charge in [0.05, 0.1) is 13.6 Å². The number of benzene rings is 1. The number of piperazine rings is 1. The average molecular weight is 355 g/mol. The minimum atomic E-state index is 0.788. The summed E-state index contributed by atoms with van der Waals surface area (Å²) >= 11 is 7.18. The van der Waals surface area contributed by atoms with Crippen molar-refractivity contribution in [1.29, 1.82) is 0 Å². The molecule has 1 aliphatic heterocycles. The van der Waals surface area contributed by atoms with Gasteiger partial charge in [-0.2, -0.15) is 0 Å². The van der Waals surface area contributed by atoms with Gasteiger partial charge in [-0.3, -0.25) is 0 Å². The van der Waals surface area contributed by atoms with Crippen LogP contribution in [0.5, 0.6) is 0 Å². The first kappa shape index (κ1) is 18.5. The Hall–Kier alpha value is -0.820. The number of quaternary nitrogens is 2. The maximum Gasteiger partial charge on any atom is 0.166 e. The van der Waals surface area contributed by atoms with Crippen molar-refractivity contribution in [2.24, 2.45) is 0 Å². The average Bonchev–Trinajstić information content (AvgIpc) is 2.58. The molecule has 0 spiro atoms. The molecule has 0 atom stereocenters. The fraction of sp³-hybridized carbons (Fsp3) is 0.588. The molecule has 2 rings (SSSR count). The van der Waals surface area contributed by atoms with Crippen molar-refractivity contribution in [2.75, 3.05) is 58.6 Å². The topological polar surface area (TPSA) is 32.9 Å². The molecule has 0 amide bonds. The van der Waals surface area contributed by atoms with E-state index in [0.29, 0.717) is 0 Å². The van der Waals surface area contributed by atoms with E-state index in [2.05, 4.69) is 41.9 Å². The molecule has 0 radical (unpaired) electrons. The number of thioether (sulfide) groups is 1. The van der Waals surface area contributed by atoms with Gasteiger partial charge < -0.3 is 20.4 Å². The van der Waals surface area contributed by atoms with E-state index in [1.54, 1.807) is 9.80 Å². The molecule has 1 aromatic carbocycles. The summed E-state index contributed by atoms with van der Waals surface area (Å²) in [5.41, 5.74) is 0. The highest BCUT2D eigenvalue weighted by Gasteiger charge is 2.18. The van der Waals surface area contributed by atoms with Crippen LogP contribution in [0.1, 0.15) is 6.42 Å². The van der Waals surface area contributed by atoms with Crippen molar-refractivity contribution in [2.45, 2.75) is 11.3 Å². The summed E-state index contributed by atoms with van der Waals surface area (Å²) < 4.78 is 0. The molecule has 0 unspecified atom stereocenters. The van der Waals surface area contributed by atoms with Gasteiger partial charge in [-0.15, -0.1) is 11.8 Å². The van der Waals surface area contributed by atoms with Gasteiger partial charge >= 0.3 is 0 Å². The van der Waals surface area contributed by atoms with Gasteiger partial charge in [-0.05, 0) is 24.4 Å². The Morgan fingerprint density at radius 3 is 2.52 bits per heavy atom. The minimum Gasteiger partial charge on any atom is -0.363 e. The zero-order valence-corrected chi connectivity index (χ0v) is 15.7. The summed E-state index contributed by atoms with van der Waals surface area (Å²) in [5.74, 6) is 1.03. The molecule has 1 saturated heterocycles. The molecule has 128 valence electrons. The van der Waals surface area contributed by atoms with E-state index in [-0.39, 0.29) is 0 Å². The third-order valence-corrected chi connectivity index (χ3v) is 5.51. The quantitative estimate of drug-likeness (QED) is 0.276. The first-order chi connectivity index (χ1) is 11.2. The lowest BCUT2D eigenvalue weighted by Crippen LogP contribution is -3.27. The highest BCUT2D eigenvalue weighted by molar-refractivity contribution is 7.99. The molecule has 0 aromatic heterocycles. The number of hydrogen-bond acceptors (Lipinski definition) is 2. The molecule has 4 nitrogen and oxygen atoms in total. The van der Waals surface area contributed by atoms with Crippen LogP contribution < -0.4 is 20.4 Å². The third kappa shape index (κ3) is 8.01. The van der Waals surface area contributed by atoms with E-state index >= 15 is 0 Å². The van der Waals surface area contributed by atoms with Crippen LogP contribution in [0.15, 0.2) is 35.2 Å². The maximum atomic E-state index is 5.33. The maximum absolute atomic E-state index is 5.33. The van der Waals surface area contributed by atoms with Crippen molar-refractivity contribution in [3.8, 4) is 0 Å². The number of thiocarbonyl (C=S) groups is 1. The van der Waals surface area contributed by atoms with Crippen molar-refractivity contribution < 1.29 is 9.80 Å². The van der Waals surface area contributed by atoms with Gasteiger partial charge in [-0.1, -0.05) is 18.2 Å². The van der Waals surface area contributed by atoms with Crippen LogP contribution in [0.3, 0.4) is 0 Å². The van der Waals surface area contributed by atoms with Crippen molar-refractivity contribution in [3.05, 3.63) is 30.3 Å². The number of hydrogen-bond donors (Lipinski definition) is 4. The van der Waals surface area contributed by atoms with Crippen LogP contribution in [-0.2, 0) is 0 Å². The number of likely N-dealkylation sites (N-methyl/N-ethyl adjacent to an activating group) is 1. The molecule has 23 heavy (non-hydrogen) atoms. The summed E-state index contributed by atoms with van der Waals surface area (Å²) in [6, 6.07) is 10.5. The van der Waals surface area contributed by atoms with E-state index in [1.165, 1.54) is 44.0 Å². The van der Waals surface area contributed by atoms with Gasteiger partial charge in [0.2, 0.25) is 0 Å². The number of nitrogens with one attached hydrogen (secondary N) is 4. The van der Waals surface area contributed by atoms with Gasteiger partial charge in [-0.25, -0.2) is 0 Å². The molecule has 4 N–H and O–H groups in total. The molecule has 6 heteroatoms. The van der Waals surface area contributed by atoms with Gasteiger partial charge in [0, 0.05) is 30.2 Å². The largest absolute Gasteiger partial charge is 0.363 e. The van der Waals surface area contributed by atoms with Crippen molar-refractivity contribution >= 4 is 29.1 Å². The standard InChI is InChI=1S/C17H28N4S2/c1-20-11-13-21(14-12-20)10-5-8-18-17(22)19-9-15-23-16-6-3-2-4-7-16/h2-4,6-7H,5,8-15H2,1H3,(H2,18,19,22)/p+2. The molecule has 0 saturated carbocycles. The fourth-order valence-electron chi connectivity index (χ4n) is 2.73. The van der Waals surface area contributed by atoms with Crippen molar-refractivity contribution in [3.63, 3.8) is 0 Å². The van der Waals surface area contributed by atoms with Crippen LogP contribution in [-0.4, -0.2) is 63.7 Å². The predicted molar refractivity (Wildman–Crippen MR) is 103 cm³/mol. The Bertz CT molecular complexity index is 447. The molecule has 1 heterocycles. The first-order valence-corrected chi connectivity index (χ1v) is 9.98. The van der Waals surface area contributed by atoms with Crippen molar-refractivity contribution in [1.82, 2.24) is 10.6 Å². The van der Waals surface area contributed by atoms with E-state index in [9.17, 15) is 0 Å². The van der Waals surface area contributed by atoms with Crippen LogP contribution in [0, 0.1) is 0 Å². The van der Waals surface area contributed by atoms with Gasteiger partial charge in [0.1, 0.15) is 26.2 Å². The normalized spacial score (nSPS) is 20.9. The fourth-order valence-corrected chi connectivity index (χ4v) is 3.73. The molecular weight excluding hydrogens is 324 g/mol. The summed E-state index contributed by atoms with van der Waals surface area (Å²) in [6.07, 6.45) is 1.19. The van der Waals surface area contributed by atoms with Crippen LogP contribution in [0.2, 0.25) is 0 Å². The lowest BCUT2D eigenvalue weighted by Gasteiger charge is -2.27. The Morgan fingerprint density at radius 2 is 1.78 bits per heavy atom. The third-order valence-electron chi connectivity index (χ3n) is 4.20. The van der Waals surface area contributed by atoms with Crippen LogP contribution >= 0.6 is 24.0 Å². The van der Waals surface area contributed by atoms with E-state index in [4.69, 9.17) is 12.2 Å². The summed E-state index contributed by atoms with van der Waals surface area (Å²) in [5, 5.41) is 7.40. The van der Waals surface area contributed by atoms with Crippen LogP contribution in [0.25, 0.3) is 0 Å². The Morgan fingerprint density at radius 1 is 1.09 bits per heavy atom. The Kier molecular flexibility index (Phi) is 8.74. The van der Waals surface area contributed by atoms with E-state index in [1.807, 2.05) is 17.8 Å². The second-order valence-corrected chi connectivity index (χ2v) is 7.73. The monoisotopic (exact) mass is 354 g/mol. The second-order valence-electron chi connectivity index (χ2n) is 6.15. The summed E-state index contributed by atoms with van der Waals surface area (Å²) in [6.45, 7) is 8.37. The van der Waals surface area contributed by atoms with Gasteiger partial charge in [0.15, 0.2) is 5.11 Å². The zero-order chi connectivity index (χ0) is 16.3. The predicted octanol–water partition coefficient (Wildman–Crippen LogP) is -0.954. The molecule has 0 aliphatic carbocycles. The summed E-state index contributed by atoms with van der Waals surface area (Å²) in [7, 11) is 2.29. The highest BCUT2D eigenvalue weighted by Crippen LogP contribution is 2.15. The molecule has 1 fully saturated rings. The lowest BCUT2D eigenvalue weighted by molar-refractivity contribution is -1.00.